The Kier molecular flexibility index (Phi) is 5.76. The third kappa shape index (κ3) is 4.62. The summed E-state index contributed by atoms with van der Waals surface area (Å²) < 4.78 is 40.9. The van der Waals surface area contributed by atoms with E-state index in [2.05, 4.69) is 36.3 Å². The minimum absolute atomic E-state index is 0.0909. The fourth-order valence-corrected chi connectivity index (χ4v) is 4.15. The summed E-state index contributed by atoms with van der Waals surface area (Å²) in [4.78, 5) is 15.6. The van der Waals surface area contributed by atoms with Crippen LogP contribution >= 0.6 is 0 Å². The number of aliphatic imine (C=N–C) groups is 1. The number of aliphatic carboxylic acids is 1. The number of nitrogens with one attached hydrogen (secondary N) is 4. The van der Waals surface area contributed by atoms with E-state index >= 15 is 0 Å². The topological polar surface area (TPSA) is 134 Å². The molecule has 0 spiro atoms. The van der Waals surface area contributed by atoms with Crippen molar-refractivity contribution in [2.75, 3.05) is 6.54 Å². The molecule has 10 nitrogen and oxygen atoms in total. The molecule has 0 unspecified atom stereocenters. The second-order valence-corrected chi connectivity index (χ2v) is 8.20. The highest BCUT2D eigenvalue weighted by Gasteiger charge is 2.37. The van der Waals surface area contributed by atoms with Crippen LogP contribution in [0.5, 0.6) is 0 Å². The molecule has 0 saturated carbocycles. The molecule has 3 heterocycles. The number of hydrazine groups is 2. The second kappa shape index (κ2) is 8.91. The van der Waals surface area contributed by atoms with Crippen LogP contribution in [0.3, 0.4) is 0 Å². The molecule has 2 aromatic heterocycles. The van der Waals surface area contributed by atoms with Gasteiger partial charge in [0.15, 0.2) is 0 Å². The Hall–Kier alpha value is -4.13. The van der Waals surface area contributed by atoms with Gasteiger partial charge in [-0.1, -0.05) is 6.08 Å². The van der Waals surface area contributed by atoms with Crippen molar-refractivity contribution in [3.63, 3.8) is 0 Å². The normalized spacial score (nSPS) is 16.9. The van der Waals surface area contributed by atoms with Crippen LogP contribution in [0, 0.1) is 0 Å². The van der Waals surface area contributed by atoms with Crippen LogP contribution in [-0.2, 0) is 11.0 Å². The van der Waals surface area contributed by atoms with Gasteiger partial charge in [-0.25, -0.2) is 4.99 Å². The van der Waals surface area contributed by atoms with Crippen molar-refractivity contribution in [1.82, 2.24) is 36.4 Å². The zero-order valence-corrected chi connectivity index (χ0v) is 18.3. The van der Waals surface area contributed by atoms with Gasteiger partial charge in [0.25, 0.3) is 0 Å². The quantitative estimate of drug-likeness (QED) is 0.336. The first kappa shape index (κ1) is 22.7. The molecule has 1 aliphatic heterocycles. The van der Waals surface area contributed by atoms with E-state index in [9.17, 15) is 18.0 Å². The predicted octanol–water partition coefficient (Wildman–Crippen LogP) is 3.63. The highest BCUT2D eigenvalue weighted by molar-refractivity contribution is 6.14. The van der Waals surface area contributed by atoms with Gasteiger partial charge in [-0.05, 0) is 49.5 Å². The molecule has 1 aromatic carbocycles. The Morgan fingerprint density at radius 1 is 1.23 bits per heavy atom. The van der Waals surface area contributed by atoms with Crippen LogP contribution in [0.15, 0.2) is 47.2 Å². The summed E-state index contributed by atoms with van der Waals surface area (Å²) in [5.74, 6) is -1.01. The number of carboxylic acid groups (broad SMARTS) is 1. The Bertz CT molecular complexity index is 1370. The monoisotopic (exact) mass is 486 g/mol. The van der Waals surface area contributed by atoms with Crippen molar-refractivity contribution >= 4 is 34.0 Å². The van der Waals surface area contributed by atoms with Gasteiger partial charge in [-0.2, -0.15) is 23.4 Å². The van der Waals surface area contributed by atoms with E-state index in [-0.39, 0.29) is 17.8 Å². The molecular weight excluding hydrogens is 465 g/mol. The SMILES string of the molecule is O=C(O)CN1C=C(c2n[nH]c3ccc(N=C(C4=CCCCC4)c4cn[nH]c4C(F)(F)F)cc23)NN1. The lowest BCUT2D eigenvalue weighted by atomic mass is 9.92. The first-order valence-corrected chi connectivity index (χ1v) is 10.9. The van der Waals surface area contributed by atoms with Crippen molar-refractivity contribution in [2.45, 2.75) is 31.9 Å². The van der Waals surface area contributed by atoms with E-state index in [1.807, 2.05) is 6.08 Å². The molecule has 0 radical (unpaired) electrons. The average Bonchev–Trinajstić information content (AvgIpc) is 3.56. The van der Waals surface area contributed by atoms with Gasteiger partial charge in [0.1, 0.15) is 17.9 Å². The molecule has 0 saturated heterocycles. The molecule has 5 N–H and O–H groups in total. The highest BCUT2D eigenvalue weighted by atomic mass is 19.4. The molecule has 0 bridgehead atoms. The lowest BCUT2D eigenvalue weighted by molar-refractivity contribution is -0.141. The maximum Gasteiger partial charge on any atom is 0.433 e. The van der Waals surface area contributed by atoms with Crippen molar-refractivity contribution in [3.8, 4) is 0 Å². The first-order valence-electron chi connectivity index (χ1n) is 10.9. The van der Waals surface area contributed by atoms with Gasteiger partial charge >= 0.3 is 12.1 Å². The van der Waals surface area contributed by atoms with Gasteiger partial charge in [0, 0.05) is 11.6 Å². The number of aromatic nitrogens is 4. The number of carbonyl (C=O) groups is 1. The molecule has 0 amide bonds. The molecule has 5 rings (SSSR count). The summed E-state index contributed by atoms with van der Waals surface area (Å²) >= 11 is 0. The molecule has 3 aromatic rings. The number of benzene rings is 1. The molecule has 2 aliphatic rings. The number of halogens is 3. The summed E-state index contributed by atoms with van der Waals surface area (Å²) in [7, 11) is 0. The van der Waals surface area contributed by atoms with Gasteiger partial charge in [-0.3, -0.25) is 20.0 Å². The number of carboxylic acids is 1. The standard InChI is InChI=1S/C22H21F3N8O2/c23-22(24,25)21-15(9-26-31-21)19(12-4-2-1-3-5-12)27-13-6-7-16-14(8-13)20(30-28-16)17-10-33(32-29-17)11-18(34)35/h4,6-10,29,32H,1-3,5,11H2,(H,26,31)(H,28,30)(H,34,35). The molecular formula is C22H21F3N8O2. The minimum Gasteiger partial charge on any atom is -0.480 e. The predicted molar refractivity (Wildman–Crippen MR) is 121 cm³/mol. The van der Waals surface area contributed by atoms with Crippen molar-refractivity contribution in [3.05, 3.63) is 59.2 Å². The third-order valence-electron chi connectivity index (χ3n) is 5.74. The highest BCUT2D eigenvalue weighted by Crippen LogP contribution is 2.34. The number of nitrogens with zero attached hydrogens (tertiary/aromatic N) is 4. The number of allylic oxidation sites excluding steroid dienone is 2. The molecule has 182 valence electrons. The number of H-pyrrole nitrogens is 2. The Balaban J connectivity index is 1.57. The van der Waals surface area contributed by atoms with E-state index in [0.717, 1.165) is 31.0 Å². The average molecular weight is 486 g/mol. The molecule has 35 heavy (non-hydrogen) atoms. The lowest BCUT2D eigenvalue weighted by Crippen LogP contribution is -2.39. The van der Waals surface area contributed by atoms with Gasteiger partial charge < -0.3 is 10.5 Å². The number of alkyl halides is 3. The van der Waals surface area contributed by atoms with E-state index in [4.69, 9.17) is 5.11 Å². The van der Waals surface area contributed by atoms with E-state index < -0.39 is 17.8 Å². The van der Waals surface area contributed by atoms with Crippen LogP contribution in [0.4, 0.5) is 18.9 Å². The lowest BCUT2D eigenvalue weighted by Gasteiger charge is -2.16. The van der Waals surface area contributed by atoms with E-state index in [1.54, 1.807) is 24.4 Å². The van der Waals surface area contributed by atoms with Gasteiger partial charge in [-0.15, -0.1) is 5.53 Å². The van der Waals surface area contributed by atoms with Gasteiger partial charge in [0.2, 0.25) is 0 Å². The second-order valence-electron chi connectivity index (χ2n) is 8.20. The zero-order valence-electron chi connectivity index (χ0n) is 18.3. The molecule has 13 heteroatoms. The maximum atomic E-state index is 13.6. The van der Waals surface area contributed by atoms with Crippen LogP contribution in [0.25, 0.3) is 16.6 Å². The smallest absolute Gasteiger partial charge is 0.433 e. The largest absolute Gasteiger partial charge is 0.480 e. The Labute approximate surface area is 196 Å². The van der Waals surface area contributed by atoms with Crippen LogP contribution < -0.4 is 11.0 Å². The summed E-state index contributed by atoms with van der Waals surface area (Å²) in [6.45, 7) is -0.265. The Morgan fingerprint density at radius 2 is 2.09 bits per heavy atom. The molecule has 0 atom stereocenters. The number of hydrogen-bond acceptors (Lipinski definition) is 7. The number of aromatic amines is 2. The van der Waals surface area contributed by atoms with Gasteiger partial charge in [0.05, 0.1) is 34.4 Å². The summed E-state index contributed by atoms with van der Waals surface area (Å²) in [6.07, 6.45) is 3.32. The van der Waals surface area contributed by atoms with Crippen LogP contribution in [0.1, 0.15) is 42.6 Å². The number of hydrogen-bond donors (Lipinski definition) is 5. The first-order chi connectivity index (χ1) is 16.8. The number of fused-ring (bicyclic) bond motifs is 1. The van der Waals surface area contributed by atoms with Crippen LogP contribution in [0.2, 0.25) is 0 Å². The van der Waals surface area contributed by atoms with Crippen LogP contribution in [-0.4, -0.2) is 48.7 Å². The fraction of sp³-hybridized carbons (Fsp3) is 0.273. The number of rotatable bonds is 6. The van der Waals surface area contributed by atoms with E-state index in [0.29, 0.717) is 34.4 Å². The maximum absolute atomic E-state index is 13.6. The minimum atomic E-state index is -4.60. The van der Waals surface area contributed by atoms with Crippen molar-refractivity contribution in [2.24, 2.45) is 4.99 Å². The summed E-state index contributed by atoms with van der Waals surface area (Å²) in [5, 5.41) is 23.9. The third-order valence-corrected chi connectivity index (χ3v) is 5.74. The fourth-order valence-electron chi connectivity index (χ4n) is 4.15. The van der Waals surface area contributed by atoms with Crippen molar-refractivity contribution < 1.29 is 23.1 Å². The summed E-state index contributed by atoms with van der Waals surface area (Å²) in [6, 6.07) is 5.18. The molecule has 1 aliphatic carbocycles. The van der Waals surface area contributed by atoms with E-state index in [1.165, 1.54) is 5.01 Å². The molecule has 0 fully saturated rings. The summed E-state index contributed by atoms with van der Waals surface area (Å²) in [5.41, 5.74) is 7.75. The Morgan fingerprint density at radius 3 is 2.83 bits per heavy atom. The van der Waals surface area contributed by atoms with Crippen molar-refractivity contribution in [1.29, 1.82) is 0 Å². The zero-order chi connectivity index (χ0) is 24.6.